The summed E-state index contributed by atoms with van der Waals surface area (Å²) in [6.45, 7) is 5.53. The van der Waals surface area contributed by atoms with Crippen LogP contribution in [0.2, 0.25) is 0 Å². The molecule has 1 aromatic carbocycles. The molecule has 0 aliphatic rings. The summed E-state index contributed by atoms with van der Waals surface area (Å²) in [5.41, 5.74) is 7.29. The highest BCUT2D eigenvalue weighted by atomic mass is 32.1. The van der Waals surface area contributed by atoms with Crippen LogP contribution in [0.1, 0.15) is 13.8 Å². The molecule has 0 aliphatic heterocycles. The number of amides is 1. The van der Waals surface area contributed by atoms with E-state index in [0.717, 1.165) is 16.8 Å². The number of thiazole rings is 1. The summed E-state index contributed by atoms with van der Waals surface area (Å²) < 4.78 is 0.982. The Balaban J connectivity index is 1.99. The van der Waals surface area contributed by atoms with Crippen molar-refractivity contribution in [2.75, 3.05) is 31.2 Å². The minimum Gasteiger partial charge on any atom is -0.399 e. The molecule has 0 bridgehead atoms. The first-order valence-corrected chi connectivity index (χ1v) is 7.40. The van der Waals surface area contributed by atoms with E-state index in [1.165, 1.54) is 11.3 Å². The summed E-state index contributed by atoms with van der Waals surface area (Å²) >= 11 is 1.44. The Hall–Kier alpha value is -1.66. The van der Waals surface area contributed by atoms with Gasteiger partial charge in [-0.05, 0) is 31.2 Å². The lowest BCUT2D eigenvalue weighted by molar-refractivity contribution is -0.117. The molecule has 0 saturated carbocycles. The van der Waals surface area contributed by atoms with Gasteiger partial charge in [-0.25, -0.2) is 4.98 Å². The van der Waals surface area contributed by atoms with Crippen molar-refractivity contribution in [3.8, 4) is 0 Å². The molecule has 0 atom stereocenters. The maximum absolute atomic E-state index is 11.9. The normalized spacial score (nSPS) is 11.4. The van der Waals surface area contributed by atoms with Gasteiger partial charge in [0, 0.05) is 12.2 Å². The van der Waals surface area contributed by atoms with Crippen LogP contribution in [0.5, 0.6) is 0 Å². The molecule has 108 valence electrons. The lowest BCUT2D eigenvalue weighted by atomic mass is 10.2. The van der Waals surface area contributed by atoms with Gasteiger partial charge in [-0.2, -0.15) is 0 Å². The van der Waals surface area contributed by atoms with Gasteiger partial charge in [-0.1, -0.05) is 25.2 Å². The Labute approximate surface area is 122 Å². The molecule has 1 heterocycles. The van der Waals surface area contributed by atoms with Crippen LogP contribution >= 0.6 is 11.3 Å². The minimum atomic E-state index is -0.0415. The molecule has 0 radical (unpaired) electrons. The second-order valence-corrected chi connectivity index (χ2v) is 6.42. The predicted molar refractivity (Wildman–Crippen MR) is 85.0 cm³/mol. The van der Waals surface area contributed by atoms with Gasteiger partial charge in [0.2, 0.25) is 5.91 Å². The van der Waals surface area contributed by atoms with Crippen LogP contribution in [-0.4, -0.2) is 35.9 Å². The number of nitrogen functional groups attached to an aromatic ring is 1. The Morgan fingerprint density at radius 1 is 1.50 bits per heavy atom. The SMILES string of the molecule is CC(C)CN(C)CC(=O)Nc1nc2ccc(N)cc2s1. The smallest absolute Gasteiger partial charge is 0.240 e. The summed E-state index contributed by atoms with van der Waals surface area (Å²) in [7, 11) is 1.94. The number of aromatic nitrogens is 1. The number of hydrogen-bond acceptors (Lipinski definition) is 5. The van der Waals surface area contributed by atoms with Crippen molar-refractivity contribution in [1.82, 2.24) is 9.88 Å². The Morgan fingerprint density at radius 2 is 2.25 bits per heavy atom. The molecule has 3 N–H and O–H groups in total. The molecule has 20 heavy (non-hydrogen) atoms. The molecular formula is C14H20N4OS. The Morgan fingerprint density at radius 3 is 2.95 bits per heavy atom. The van der Waals surface area contributed by atoms with Crippen molar-refractivity contribution in [2.24, 2.45) is 5.92 Å². The van der Waals surface area contributed by atoms with Crippen LogP contribution in [0.25, 0.3) is 10.2 Å². The number of rotatable bonds is 5. The molecule has 0 aliphatic carbocycles. The van der Waals surface area contributed by atoms with Crippen molar-refractivity contribution in [2.45, 2.75) is 13.8 Å². The molecule has 0 unspecified atom stereocenters. The maximum atomic E-state index is 11.9. The first kappa shape index (κ1) is 14.7. The van der Waals surface area contributed by atoms with E-state index < -0.39 is 0 Å². The Bertz CT molecular complexity index is 608. The molecule has 0 saturated heterocycles. The molecular weight excluding hydrogens is 272 g/mol. The van der Waals surface area contributed by atoms with Crippen LogP contribution in [0.4, 0.5) is 10.8 Å². The van der Waals surface area contributed by atoms with E-state index in [1.54, 1.807) is 0 Å². The van der Waals surface area contributed by atoms with Crippen LogP contribution in [0.3, 0.4) is 0 Å². The average molecular weight is 292 g/mol. The molecule has 0 spiro atoms. The highest BCUT2D eigenvalue weighted by molar-refractivity contribution is 7.22. The zero-order chi connectivity index (χ0) is 14.7. The van der Waals surface area contributed by atoms with Crippen LogP contribution in [0, 0.1) is 5.92 Å². The number of likely N-dealkylation sites (N-methyl/N-ethyl adjacent to an activating group) is 1. The summed E-state index contributed by atoms with van der Waals surface area (Å²) in [4.78, 5) is 18.3. The van der Waals surface area contributed by atoms with Crippen molar-refractivity contribution >= 4 is 38.3 Å². The van der Waals surface area contributed by atoms with E-state index in [0.29, 0.717) is 23.3 Å². The lowest BCUT2D eigenvalue weighted by Gasteiger charge is -2.17. The van der Waals surface area contributed by atoms with Crippen LogP contribution < -0.4 is 11.1 Å². The number of carbonyl (C=O) groups is 1. The van der Waals surface area contributed by atoms with E-state index in [1.807, 2.05) is 30.1 Å². The number of nitrogens with zero attached hydrogens (tertiary/aromatic N) is 2. The fourth-order valence-electron chi connectivity index (χ4n) is 2.09. The number of nitrogens with one attached hydrogen (secondary N) is 1. The highest BCUT2D eigenvalue weighted by Gasteiger charge is 2.11. The molecule has 1 amide bonds. The molecule has 1 aromatic heterocycles. The number of carbonyl (C=O) groups excluding carboxylic acids is 1. The third-order valence-corrected chi connectivity index (χ3v) is 3.68. The van der Waals surface area contributed by atoms with Crippen LogP contribution in [0.15, 0.2) is 18.2 Å². The van der Waals surface area contributed by atoms with Gasteiger partial charge in [0.15, 0.2) is 5.13 Å². The molecule has 2 aromatic rings. The largest absolute Gasteiger partial charge is 0.399 e. The fourth-order valence-corrected chi connectivity index (χ4v) is 3.02. The average Bonchev–Trinajstić information content (AvgIpc) is 2.68. The molecule has 0 fully saturated rings. The number of benzene rings is 1. The van der Waals surface area contributed by atoms with E-state index in [-0.39, 0.29) is 5.91 Å². The fraction of sp³-hybridized carbons (Fsp3) is 0.429. The first-order valence-electron chi connectivity index (χ1n) is 6.58. The van der Waals surface area contributed by atoms with Gasteiger partial charge in [0.25, 0.3) is 0 Å². The monoisotopic (exact) mass is 292 g/mol. The third-order valence-electron chi connectivity index (χ3n) is 2.75. The van der Waals surface area contributed by atoms with Gasteiger partial charge in [0.05, 0.1) is 16.8 Å². The number of hydrogen-bond donors (Lipinski definition) is 2. The number of fused-ring (bicyclic) bond motifs is 1. The van der Waals surface area contributed by atoms with E-state index in [9.17, 15) is 4.79 Å². The van der Waals surface area contributed by atoms with Gasteiger partial charge in [-0.3, -0.25) is 9.69 Å². The van der Waals surface area contributed by atoms with Crippen molar-refractivity contribution < 1.29 is 4.79 Å². The summed E-state index contributed by atoms with van der Waals surface area (Å²) in [6, 6.07) is 5.54. The Kier molecular flexibility index (Phi) is 4.57. The van der Waals surface area contributed by atoms with Gasteiger partial charge in [0.1, 0.15) is 0 Å². The topological polar surface area (TPSA) is 71.2 Å². The molecule has 6 heteroatoms. The zero-order valence-electron chi connectivity index (χ0n) is 12.0. The zero-order valence-corrected chi connectivity index (χ0v) is 12.8. The summed E-state index contributed by atoms with van der Waals surface area (Å²) in [5, 5.41) is 3.46. The van der Waals surface area contributed by atoms with Gasteiger partial charge >= 0.3 is 0 Å². The van der Waals surface area contributed by atoms with E-state index in [4.69, 9.17) is 5.73 Å². The number of nitrogens with two attached hydrogens (primary N) is 1. The van der Waals surface area contributed by atoms with Crippen molar-refractivity contribution in [1.29, 1.82) is 0 Å². The van der Waals surface area contributed by atoms with E-state index in [2.05, 4.69) is 24.1 Å². The second-order valence-electron chi connectivity index (χ2n) is 5.38. The predicted octanol–water partition coefficient (Wildman–Crippen LogP) is 2.40. The maximum Gasteiger partial charge on any atom is 0.240 e. The quantitative estimate of drug-likeness (QED) is 0.830. The molecule has 5 nitrogen and oxygen atoms in total. The van der Waals surface area contributed by atoms with Gasteiger partial charge in [-0.15, -0.1) is 0 Å². The minimum absolute atomic E-state index is 0.0415. The van der Waals surface area contributed by atoms with Crippen LogP contribution in [-0.2, 0) is 4.79 Å². The highest BCUT2D eigenvalue weighted by Crippen LogP contribution is 2.27. The standard InChI is InChI=1S/C14H20N4OS/c1-9(2)7-18(3)8-13(19)17-14-16-11-5-4-10(15)6-12(11)20-14/h4-6,9H,7-8,15H2,1-3H3,(H,16,17,19). The third kappa shape index (κ3) is 3.91. The van der Waals surface area contributed by atoms with Crippen molar-refractivity contribution in [3.63, 3.8) is 0 Å². The first-order chi connectivity index (χ1) is 9.44. The van der Waals surface area contributed by atoms with Crippen molar-refractivity contribution in [3.05, 3.63) is 18.2 Å². The lowest BCUT2D eigenvalue weighted by Crippen LogP contribution is -2.32. The number of anilines is 2. The summed E-state index contributed by atoms with van der Waals surface area (Å²) in [5.74, 6) is 0.499. The summed E-state index contributed by atoms with van der Waals surface area (Å²) in [6.07, 6.45) is 0. The van der Waals surface area contributed by atoms with E-state index >= 15 is 0 Å². The van der Waals surface area contributed by atoms with Gasteiger partial charge < -0.3 is 11.1 Å². The molecule has 2 rings (SSSR count). The second kappa shape index (κ2) is 6.19.